The summed E-state index contributed by atoms with van der Waals surface area (Å²) < 4.78 is 5.28. The van der Waals surface area contributed by atoms with Crippen LogP contribution >= 0.6 is 0 Å². The van der Waals surface area contributed by atoms with Gasteiger partial charge in [0.05, 0.1) is 25.3 Å². The first-order valence-electron chi connectivity index (χ1n) is 11.3. The van der Waals surface area contributed by atoms with Crippen LogP contribution in [0.25, 0.3) is 0 Å². The van der Waals surface area contributed by atoms with E-state index in [-0.39, 0.29) is 11.9 Å². The van der Waals surface area contributed by atoms with Gasteiger partial charge in [-0.3, -0.25) is 14.7 Å². The fraction of sp³-hybridized carbons (Fsp3) is 0.333. The minimum Gasteiger partial charge on any atom is -0.497 e. The molecule has 0 spiro atoms. The molecule has 4 rings (SSSR count). The molecule has 1 aromatic heterocycles. The van der Waals surface area contributed by atoms with Gasteiger partial charge in [-0.2, -0.15) is 0 Å². The molecule has 2 atom stereocenters. The normalized spacial score (nSPS) is 17.5. The van der Waals surface area contributed by atoms with Gasteiger partial charge in [0.15, 0.2) is 0 Å². The molecule has 32 heavy (non-hydrogen) atoms. The number of hydrogen-bond donors (Lipinski definition) is 1. The summed E-state index contributed by atoms with van der Waals surface area (Å²) in [7, 11) is 1.69. The fourth-order valence-electron chi connectivity index (χ4n) is 4.50. The van der Waals surface area contributed by atoms with E-state index < -0.39 is 0 Å². The molecule has 166 valence electrons. The van der Waals surface area contributed by atoms with Gasteiger partial charge in [0, 0.05) is 19.3 Å². The van der Waals surface area contributed by atoms with Crippen molar-refractivity contribution in [2.45, 2.75) is 31.8 Å². The second kappa shape index (κ2) is 10.9. The Balaban J connectivity index is 1.45. The van der Waals surface area contributed by atoms with Crippen molar-refractivity contribution in [2.24, 2.45) is 5.92 Å². The Morgan fingerprint density at radius 2 is 1.84 bits per heavy atom. The van der Waals surface area contributed by atoms with Gasteiger partial charge in [0.25, 0.3) is 0 Å². The summed E-state index contributed by atoms with van der Waals surface area (Å²) in [5.41, 5.74) is 3.23. The first-order chi connectivity index (χ1) is 15.7. The lowest BCUT2D eigenvalue weighted by Crippen LogP contribution is -2.43. The highest BCUT2D eigenvalue weighted by Crippen LogP contribution is 2.30. The predicted molar refractivity (Wildman–Crippen MR) is 126 cm³/mol. The van der Waals surface area contributed by atoms with E-state index in [4.69, 9.17) is 4.74 Å². The van der Waals surface area contributed by atoms with Gasteiger partial charge in [0.2, 0.25) is 5.91 Å². The van der Waals surface area contributed by atoms with E-state index in [0.717, 1.165) is 49.5 Å². The molecule has 1 saturated heterocycles. The van der Waals surface area contributed by atoms with Crippen LogP contribution in [0.3, 0.4) is 0 Å². The molecule has 1 fully saturated rings. The maximum absolute atomic E-state index is 12.9. The number of methoxy groups -OCH3 is 1. The molecule has 3 aromatic rings. The predicted octanol–water partition coefficient (Wildman–Crippen LogP) is 4.40. The van der Waals surface area contributed by atoms with Gasteiger partial charge < -0.3 is 10.1 Å². The first kappa shape index (κ1) is 22.0. The number of aromatic nitrogens is 1. The van der Waals surface area contributed by atoms with Crippen molar-refractivity contribution in [2.75, 3.05) is 20.2 Å². The van der Waals surface area contributed by atoms with E-state index in [0.29, 0.717) is 12.3 Å². The highest BCUT2D eigenvalue weighted by Gasteiger charge is 2.30. The van der Waals surface area contributed by atoms with Crippen molar-refractivity contribution in [3.8, 4) is 5.75 Å². The van der Waals surface area contributed by atoms with E-state index in [9.17, 15) is 4.79 Å². The number of pyridine rings is 1. The van der Waals surface area contributed by atoms with Crippen LogP contribution in [0.2, 0.25) is 0 Å². The lowest BCUT2D eigenvalue weighted by molar-refractivity contribution is -0.121. The van der Waals surface area contributed by atoms with Gasteiger partial charge in [-0.15, -0.1) is 0 Å². The second-order valence-corrected chi connectivity index (χ2v) is 8.45. The average Bonchev–Trinajstić information content (AvgIpc) is 2.84. The Morgan fingerprint density at radius 3 is 2.56 bits per heavy atom. The zero-order valence-corrected chi connectivity index (χ0v) is 18.6. The number of amides is 1. The third-order valence-electron chi connectivity index (χ3n) is 6.11. The third kappa shape index (κ3) is 5.95. The average molecular weight is 430 g/mol. The van der Waals surface area contributed by atoms with Crippen LogP contribution in [-0.2, 0) is 17.8 Å². The van der Waals surface area contributed by atoms with E-state index in [1.807, 2.05) is 66.9 Å². The number of hydrogen-bond acceptors (Lipinski definition) is 4. The largest absolute Gasteiger partial charge is 0.497 e. The van der Waals surface area contributed by atoms with Crippen LogP contribution in [0.1, 0.15) is 35.7 Å². The SMILES string of the molecule is COc1ccc(CN2CCC[C@H]([C@H](NC(=O)Cc3ccccc3)c3ccccn3)C2)cc1. The number of rotatable bonds is 8. The molecule has 2 heterocycles. The van der Waals surface area contributed by atoms with Gasteiger partial charge in [-0.25, -0.2) is 0 Å². The van der Waals surface area contributed by atoms with Gasteiger partial charge >= 0.3 is 0 Å². The van der Waals surface area contributed by atoms with Crippen LogP contribution in [0.15, 0.2) is 79.0 Å². The summed E-state index contributed by atoms with van der Waals surface area (Å²) in [5.74, 6) is 1.23. The molecule has 0 aliphatic carbocycles. The number of piperidine rings is 1. The van der Waals surface area contributed by atoms with Crippen molar-refractivity contribution in [1.29, 1.82) is 0 Å². The second-order valence-electron chi connectivity index (χ2n) is 8.45. The minimum absolute atomic E-state index is 0.0409. The quantitative estimate of drug-likeness (QED) is 0.577. The summed E-state index contributed by atoms with van der Waals surface area (Å²) in [6, 6.07) is 24.0. The van der Waals surface area contributed by atoms with E-state index in [2.05, 4.69) is 27.3 Å². The van der Waals surface area contributed by atoms with Crippen molar-refractivity contribution < 1.29 is 9.53 Å². The third-order valence-corrected chi connectivity index (χ3v) is 6.11. The summed E-state index contributed by atoms with van der Waals surface area (Å²) in [4.78, 5) is 20.0. The molecule has 1 N–H and O–H groups in total. The topological polar surface area (TPSA) is 54.5 Å². The Kier molecular flexibility index (Phi) is 7.51. The van der Waals surface area contributed by atoms with Crippen LogP contribution in [0.5, 0.6) is 5.75 Å². The zero-order chi connectivity index (χ0) is 22.2. The number of ether oxygens (including phenoxy) is 1. The molecule has 1 amide bonds. The van der Waals surface area contributed by atoms with Crippen molar-refractivity contribution in [3.05, 3.63) is 95.8 Å². The van der Waals surface area contributed by atoms with Crippen LogP contribution in [-0.4, -0.2) is 36.0 Å². The summed E-state index contributed by atoms with van der Waals surface area (Å²) in [6.07, 6.45) is 4.38. The first-order valence-corrected chi connectivity index (χ1v) is 11.3. The lowest BCUT2D eigenvalue weighted by atomic mass is 9.88. The number of likely N-dealkylation sites (tertiary alicyclic amines) is 1. The number of nitrogens with one attached hydrogen (secondary N) is 1. The Morgan fingerprint density at radius 1 is 1.06 bits per heavy atom. The van der Waals surface area contributed by atoms with Crippen LogP contribution < -0.4 is 10.1 Å². The van der Waals surface area contributed by atoms with Crippen LogP contribution in [0.4, 0.5) is 0 Å². The molecule has 1 aliphatic rings. The maximum Gasteiger partial charge on any atom is 0.224 e. The molecule has 0 saturated carbocycles. The monoisotopic (exact) mass is 429 g/mol. The molecule has 0 bridgehead atoms. The molecule has 5 nitrogen and oxygen atoms in total. The van der Waals surface area contributed by atoms with Crippen molar-refractivity contribution >= 4 is 5.91 Å². The summed E-state index contributed by atoms with van der Waals surface area (Å²) in [6.45, 7) is 2.89. The maximum atomic E-state index is 12.9. The Labute approximate surface area is 190 Å². The molecule has 2 aromatic carbocycles. The molecule has 5 heteroatoms. The van der Waals surface area contributed by atoms with Gasteiger partial charge in [-0.1, -0.05) is 48.5 Å². The van der Waals surface area contributed by atoms with E-state index in [1.54, 1.807) is 7.11 Å². The highest BCUT2D eigenvalue weighted by molar-refractivity contribution is 5.79. The smallest absolute Gasteiger partial charge is 0.224 e. The van der Waals surface area contributed by atoms with Gasteiger partial charge in [0.1, 0.15) is 5.75 Å². The zero-order valence-electron chi connectivity index (χ0n) is 18.6. The van der Waals surface area contributed by atoms with Gasteiger partial charge in [-0.05, 0) is 60.7 Å². The van der Waals surface area contributed by atoms with Crippen LogP contribution in [0, 0.1) is 5.92 Å². The van der Waals surface area contributed by atoms with Crippen molar-refractivity contribution in [3.63, 3.8) is 0 Å². The number of carbonyl (C=O) groups is 1. The fourth-order valence-corrected chi connectivity index (χ4v) is 4.50. The molecular weight excluding hydrogens is 398 g/mol. The van der Waals surface area contributed by atoms with Crippen molar-refractivity contribution in [1.82, 2.24) is 15.2 Å². The molecule has 0 radical (unpaired) electrons. The molecule has 1 aliphatic heterocycles. The highest BCUT2D eigenvalue weighted by atomic mass is 16.5. The van der Waals surface area contributed by atoms with E-state index >= 15 is 0 Å². The molecule has 0 unspecified atom stereocenters. The van der Waals surface area contributed by atoms with E-state index in [1.165, 1.54) is 5.56 Å². The number of nitrogens with zero attached hydrogens (tertiary/aromatic N) is 2. The molecular formula is C27H31N3O2. The number of carbonyl (C=O) groups excluding carboxylic acids is 1. The summed E-state index contributed by atoms with van der Waals surface area (Å²) in [5, 5.41) is 3.31. The standard InChI is InChI=1S/C27H31N3O2/c1-32-24-14-12-22(13-15-24)19-30-17-7-10-23(20-30)27(25-11-5-6-16-28-25)29-26(31)18-21-8-3-2-4-9-21/h2-6,8-9,11-16,23,27H,7,10,17-20H2,1H3,(H,29,31)/t23-,27-/m0/s1. The lowest BCUT2D eigenvalue weighted by Gasteiger charge is -2.37. The Bertz CT molecular complexity index is 977. The summed E-state index contributed by atoms with van der Waals surface area (Å²) >= 11 is 0. The Hall–Kier alpha value is -3.18. The minimum atomic E-state index is -0.0916. The number of benzene rings is 2.